The molecule has 19 heavy (non-hydrogen) atoms. The Morgan fingerprint density at radius 3 is 2.74 bits per heavy atom. The highest BCUT2D eigenvalue weighted by molar-refractivity contribution is 9.10. The van der Waals surface area contributed by atoms with Crippen molar-refractivity contribution in [2.75, 3.05) is 5.73 Å². The SMILES string of the molecule is Nc1cc(-c2nc3ncc(Br)cc3[nH]2)c(F)cc1F. The van der Waals surface area contributed by atoms with Crippen molar-refractivity contribution in [3.63, 3.8) is 0 Å². The molecule has 96 valence electrons. The first-order chi connectivity index (χ1) is 9.04. The van der Waals surface area contributed by atoms with Crippen molar-refractivity contribution in [2.45, 2.75) is 0 Å². The Bertz CT molecular complexity index is 785. The number of nitrogens with zero attached hydrogens (tertiary/aromatic N) is 2. The van der Waals surface area contributed by atoms with Crippen LogP contribution >= 0.6 is 15.9 Å². The van der Waals surface area contributed by atoms with Crippen molar-refractivity contribution < 1.29 is 8.78 Å². The van der Waals surface area contributed by atoms with E-state index in [9.17, 15) is 8.78 Å². The third kappa shape index (κ3) is 2.06. The van der Waals surface area contributed by atoms with Crippen LogP contribution in [0.3, 0.4) is 0 Å². The number of aromatic nitrogens is 3. The van der Waals surface area contributed by atoms with E-state index >= 15 is 0 Å². The van der Waals surface area contributed by atoms with E-state index in [4.69, 9.17) is 5.73 Å². The van der Waals surface area contributed by atoms with Crippen LogP contribution in [-0.4, -0.2) is 15.0 Å². The van der Waals surface area contributed by atoms with Gasteiger partial charge in [0.15, 0.2) is 5.65 Å². The van der Waals surface area contributed by atoms with Gasteiger partial charge < -0.3 is 10.7 Å². The standard InChI is InChI=1S/C12H7BrF2N4/c13-5-1-10-12(17-4-5)19-11(18-10)6-2-9(16)8(15)3-7(6)14/h1-4H,16H2,(H,17,18,19). The number of halogens is 3. The zero-order chi connectivity index (χ0) is 13.6. The minimum absolute atomic E-state index is 0.105. The Kier molecular flexibility index (Phi) is 2.70. The van der Waals surface area contributed by atoms with Gasteiger partial charge in [-0.1, -0.05) is 0 Å². The minimum atomic E-state index is -0.793. The highest BCUT2D eigenvalue weighted by Gasteiger charge is 2.14. The Morgan fingerprint density at radius 1 is 1.16 bits per heavy atom. The van der Waals surface area contributed by atoms with Gasteiger partial charge in [0, 0.05) is 16.7 Å². The molecular formula is C12H7BrF2N4. The lowest BCUT2D eigenvalue weighted by molar-refractivity contribution is 0.588. The molecule has 0 radical (unpaired) electrons. The van der Waals surface area contributed by atoms with Gasteiger partial charge in [-0.25, -0.2) is 18.7 Å². The van der Waals surface area contributed by atoms with Gasteiger partial charge in [0.2, 0.25) is 0 Å². The number of anilines is 1. The van der Waals surface area contributed by atoms with Crippen LogP contribution in [0.5, 0.6) is 0 Å². The van der Waals surface area contributed by atoms with Gasteiger partial charge >= 0.3 is 0 Å². The molecule has 2 aromatic heterocycles. The summed E-state index contributed by atoms with van der Waals surface area (Å²) in [6, 6.07) is 3.71. The second kappa shape index (κ2) is 4.27. The Morgan fingerprint density at radius 2 is 1.95 bits per heavy atom. The molecule has 0 amide bonds. The fourth-order valence-corrected chi connectivity index (χ4v) is 2.08. The van der Waals surface area contributed by atoms with E-state index in [2.05, 4.69) is 30.9 Å². The van der Waals surface area contributed by atoms with Crippen LogP contribution in [0, 0.1) is 11.6 Å². The van der Waals surface area contributed by atoms with Crippen LogP contribution in [0.1, 0.15) is 0 Å². The van der Waals surface area contributed by atoms with Crippen LogP contribution in [0.15, 0.2) is 28.9 Å². The average molecular weight is 325 g/mol. The van der Waals surface area contributed by atoms with Crippen molar-refractivity contribution in [1.82, 2.24) is 15.0 Å². The van der Waals surface area contributed by atoms with Crippen LogP contribution in [0.4, 0.5) is 14.5 Å². The molecule has 3 rings (SSSR count). The number of nitrogen functional groups attached to an aromatic ring is 1. The maximum Gasteiger partial charge on any atom is 0.178 e. The molecule has 4 nitrogen and oxygen atoms in total. The summed E-state index contributed by atoms with van der Waals surface area (Å²) in [7, 11) is 0. The van der Waals surface area contributed by atoms with E-state index in [-0.39, 0.29) is 17.1 Å². The van der Waals surface area contributed by atoms with Crippen molar-refractivity contribution in [3.8, 4) is 11.4 Å². The van der Waals surface area contributed by atoms with Gasteiger partial charge in [0.05, 0.1) is 16.8 Å². The number of nitrogens with one attached hydrogen (secondary N) is 1. The first kappa shape index (κ1) is 12.0. The summed E-state index contributed by atoms with van der Waals surface area (Å²) in [4.78, 5) is 11.1. The molecule has 3 aromatic rings. The van der Waals surface area contributed by atoms with Crippen LogP contribution < -0.4 is 5.73 Å². The molecule has 0 atom stereocenters. The normalized spacial score (nSPS) is 11.1. The van der Waals surface area contributed by atoms with Gasteiger partial charge in [-0.15, -0.1) is 0 Å². The van der Waals surface area contributed by atoms with Gasteiger partial charge in [0.1, 0.15) is 17.5 Å². The maximum absolute atomic E-state index is 13.7. The molecule has 0 unspecified atom stereocenters. The average Bonchev–Trinajstić information content (AvgIpc) is 2.76. The molecule has 3 N–H and O–H groups in total. The summed E-state index contributed by atoms with van der Waals surface area (Å²) in [5, 5.41) is 0. The molecule has 0 aliphatic carbocycles. The fraction of sp³-hybridized carbons (Fsp3) is 0. The third-order valence-corrected chi connectivity index (χ3v) is 3.08. The Balaban J connectivity index is 2.21. The zero-order valence-corrected chi connectivity index (χ0v) is 11.0. The number of aromatic amines is 1. The second-order valence-corrected chi connectivity index (χ2v) is 4.88. The van der Waals surface area contributed by atoms with Crippen LogP contribution in [0.25, 0.3) is 22.6 Å². The number of hydrogen-bond donors (Lipinski definition) is 2. The van der Waals surface area contributed by atoms with E-state index in [1.807, 2.05) is 0 Å². The number of hydrogen-bond acceptors (Lipinski definition) is 3. The molecule has 0 aliphatic rings. The lowest BCUT2D eigenvalue weighted by Gasteiger charge is -2.02. The molecule has 2 heterocycles. The summed E-state index contributed by atoms with van der Waals surface area (Å²) in [6.45, 7) is 0. The Hall–Kier alpha value is -2.02. The molecular weight excluding hydrogens is 318 g/mol. The van der Waals surface area contributed by atoms with Gasteiger partial charge in [-0.2, -0.15) is 0 Å². The third-order valence-electron chi connectivity index (χ3n) is 2.65. The molecule has 0 saturated heterocycles. The van der Waals surface area contributed by atoms with Gasteiger partial charge in [0.25, 0.3) is 0 Å². The van der Waals surface area contributed by atoms with E-state index in [0.29, 0.717) is 11.2 Å². The van der Waals surface area contributed by atoms with Gasteiger partial charge in [-0.3, -0.25) is 0 Å². The molecule has 7 heteroatoms. The monoisotopic (exact) mass is 324 g/mol. The number of nitrogens with two attached hydrogens (primary N) is 1. The summed E-state index contributed by atoms with van der Waals surface area (Å²) >= 11 is 3.28. The van der Waals surface area contributed by atoms with Gasteiger partial charge in [-0.05, 0) is 28.1 Å². The topological polar surface area (TPSA) is 67.6 Å². The second-order valence-electron chi connectivity index (χ2n) is 3.96. The highest BCUT2D eigenvalue weighted by Crippen LogP contribution is 2.26. The highest BCUT2D eigenvalue weighted by atomic mass is 79.9. The summed E-state index contributed by atoms with van der Waals surface area (Å²) in [5.41, 5.74) is 6.50. The number of benzene rings is 1. The molecule has 0 fully saturated rings. The van der Waals surface area contributed by atoms with Crippen LogP contribution in [-0.2, 0) is 0 Å². The smallest absolute Gasteiger partial charge is 0.178 e. The lowest BCUT2D eigenvalue weighted by atomic mass is 10.1. The predicted molar refractivity (Wildman–Crippen MR) is 71.4 cm³/mol. The number of rotatable bonds is 1. The predicted octanol–water partition coefficient (Wildman–Crippen LogP) is 3.25. The van der Waals surface area contributed by atoms with E-state index < -0.39 is 11.6 Å². The first-order valence-corrected chi connectivity index (χ1v) is 6.10. The van der Waals surface area contributed by atoms with Crippen molar-refractivity contribution in [3.05, 3.63) is 40.5 Å². The molecule has 0 spiro atoms. The fourth-order valence-electron chi connectivity index (χ4n) is 1.75. The summed E-state index contributed by atoms with van der Waals surface area (Å²) in [6.07, 6.45) is 1.59. The largest absolute Gasteiger partial charge is 0.396 e. The quantitative estimate of drug-likeness (QED) is 0.675. The number of pyridine rings is 1. The molecule has 1 aromatic carbocycles. The molecule has 0 bridgehead atoms. The minimum Gasteiger partial charge on any atom is -0.396 e. The Labute approximate surface area is 114 Å². The zero-order valence-electron chi connectivity index (χ0n) is 9.42. The van der Waals surface area contributed by atoms with E-state index in [0.717, 1.165) is 10.5 Å². The summed E-state index contributed by atoms with van der Waals surface area (Å²) in [5.74, 6) is -1.27. The van der Waals surface area contributed by atoms with Crippen LogP contribution in [0.2, 0.25) is 0 Å². The molecule has 0 saturated carbocycles. The number of imidazole rings is 1. The molecule has 0 aliphatic heterocycles. The number of H-pyrrole nitrogens is 1. The van der Waals surface area contributed by atoms with Crippen molar-refractivity contribution in [2.24, 2.45) is 0 Å². The van der Waals surface area contributed by atoms with E-state index in [1.165, 1.54) is 6.07 Å². The first-order valence-electron chi connectivity index (χ1n) is 5.31. The summed E-state index contributed by atoms with van der Waals surface area (Å²) < 4.78 is 27.6. The van der Waals surface area contributed by atoms with E-state index in [1.54, 1.807) is 12.3 Å². The maximum atomic E-state index is 13.7. The van der Waals surface area contributed by atoms with Crippen molar-refractivity contribution >= 4 is 32.8 Å². The number of fused-ring (bicyclic) bond motifs is 1. The lowest BCUT2D eigenvalue weighted by Crippen LogP contribution is -1.95. The van der Waals surface area contributed by atoms with Crippen molar-refractivity contribution in [1.29, 1.82) is 0 Å².